The Morgan fingerprint density at radius 2 is 1.70 bits per heavy atom. The number of benzene rings is 3. The van der Waals surface area contributed by atoms with Gasteiger partial charge in [0, 0.05) is 23.1 Å². The SMILES string of the molecule is COc1ccc(C2=NN3[C@@H](c4ccc(C)cc4)Oc4ccccc4[C@@H]3C2)cc1OC. The zero-order valence-corrected chi connectivity index (χ0v) is 17.3. The summed E-state index contributed by atoms with van der Waals surface area (Å²) in [6, 6.07) is 22.8. The van der Waals surface area contributed by atoms with Crippen LogP contribution < -0.4 is 14.2 Å². The lowest BCUT2D eigenvalue weighted by Crippen LogP contribution is -2.33. The predicted octanol–water partition coefficient (Wildman–Crippen LogP) is 5.25. The van der Waals surface area contributed by atoms with Gasteiger partial charge in [-0.3, -0.25) is 0 Å². The standard InChI is InChI=1S/C25H24N2O3/c1-16-8-10-17(11-9-16)25-27-21(19-6-4-5-7-22(19)30-25)15-20(26-27)18-12-13-23(28-2)24(14-18)29-3/h4-14,21,25H,15H2,1-3H3/t21-,25+/m0/s1. The maximum atomic E-state index is 6.41. The van der Waals surface area contributed by atoms with E-state index in [1.54, 1.807) is 14.2 Å². The van der Waals surface area contributed by atoms with Crippen LogP contribution >= 0.6 is 0 Å². The largest absolute Gasteiger partial charge is 0.493 e. The molecule has 0 saturated carbocycles. The van der Waals surface area contributed by atoms with Crippen LogP contribution in [0.2, 0.25) is 0 Å². The molecule has 2 aliphatic rings. The Balaban J connectivity index is 1.57. The molecule has 0 saturated heterocycles. The lowest BCUT2D eigenvalue weighted by molar-refractivity contribution is -0.0190. The highest BCUT2D eigenvalue weighted by Crippen LogP contribution is 2.47. The summed E-state index contributed by atoms with van der Waals surface area (Å²) in [6.07, 6.45) is 0.543. The number of aryl methyl sites for hydroxylation is 1. The van der Waals surface area contributed by atoms with Crippen LogP contribution in [0.4, 0.5) is 0 Å². The van der Waals surface area contributed by atoms with Gasteiger partial charge in [0.25, 0.3) is 0 Å². The van der Waals surface area contributed by atoms with E-state index in [9.17, 15) is 0 Å². The summed E-state index contributed by atoms with van der Waals surface area (Å²) in [5.74, 6) is 2.34. The van der Waals surface area contributed by atoms with E-state index >= 15 is 0 Å². The Labute approximate surface area is 176 Å². The maximum absolute atomic E-state index is 6.41. The molecular formula is C25H24N2O3. The minimum absolute atomic E-state index is 0.129. The molecule has 2 aliphatic heterocycles. The van der Waals surface area contributed by atoms with Crippen molar-refractivity contribution in [1.29, 1.82) is 0 Å². The fourth-order valence-electron chi connectivity index (χ4n) is 4.18. The molecule has 5 heteroatoms. The predicted molar refractivity (Wildman–Crippen MR) is 116 cm³/mol. The average Bonchev–Trinajstić information content (AvgIpc) is 3.24. The van der Waals surface area contributed by atoms with Gasteiger partial charge in [-0.15, -0.1) is 0 Å². The van der Waals surface area contributed by atoms with Crippen molar-refractivity contribution in [3.63, 3.8) is 0 Å². The van der Waals surface area contributed by atoms with Gasteiger partial charge in [-0.1, -0.05) is 48.0 Å². The Morgan fingerprint density at radius 3 is 2.47 bits per heavy atom. The van der Waals surface area contributed by atoms with Crippen LogP contribution in [0.3, 0.4) is 0 Å². The summed E-state index contributed by atoms with van der Waals surface area (Å²) in [6.45, 7) is 2.09. The molecule has 0 bridgehead atoms. The third-order valence-corrected chi connectivity index (χ3v) is 5.78. The van der Waals surface area contributed by atoms with E-state index in [0.717, 1.165) is 29.0 Å². The molecule has 0 spiro atoms. The summed E-state index contributed by atoms with van der Waals surface area (Å²) in [5.41, 5.74) is 5.53. The molecule has 3 aromatic carbocycles. The normalized spacial score (nSPS) is 19.4. The van der Waals surface area contributed by atoms with Crippen molar-refractivity contribution in [1.82, 2.24) is 5.01 Å². The summed E-state index contributed by atoms with van der Waals surface area (Å²) in [5, 5.41) is 7.12. The van der Waals surface area contributed by atoms with Gasteiger partial charge in [-0.25, -0.2) is 5.01 Å². The number of para-hydroxylation sites is 1. The number of hydrogen-bond acceptors (Lipinski definition) is 5. The van der Waals surface area contributed by atoms with Crippen molar-refractivity contribution in [3.8, 4) is 17.2 Å². The Kier molecular flexibility index (Phi) is 4.58. The van der Waals surface area contributed by atoms with Gasteiger partial charge in [-0.2, -0.15) is 5.10 Å². The minimum atomic E-state index is -0.261. The number of fused-ring (bicyclic) bond motifs is 3. The second kappa shape index (κ2) is 7.41. The van der Waals surface area contributed by atoms with Crippen molar-refractivity contribution in [2.75, 3.05) is 14.2 Å². The molecule has 30 heavy (non-hydrogen) atoms. The third kappa shape index (κ3) is 3.07. The lowest BCUT2D eigenvalue weighted by Gasteiger charge is -2.38. The number of rotatable bonds is 4. The van der Waals surface area contributed by atoms with Gasteiger partial charge in [-0.05, 0) is 31.2 Å². The molecule has 0 radical (unpaired) electrons. The van der Waals surface area contributed by atoms with Crippen LogP contribution in [0, 0.1) is 6.92 Å². The first-order chi connectivity index (χ1) is 14.7. The second-order valence-corrected chi connectivity index (χ2v) is 7.64. The molecule has 0 N–H and O–H groups in total. The van der Waals surface area contributed by atoms with Crippen molar-refractivity contribution in [2.24, 2.45) is 5.10 Å². The van der Waals surface area contributed by atoms with Gasteiger partial charge in [0.05, 0.1) is 26.0 Å². The van der Waals surface area contributed by atoms with Crippen LogP contribution in [0.15, 0.2) is 71.8 Å². The number of nitrogens with zero attached hydrogens (tertiary/aromatic N) is 2. The highest BCUT2D eigenvalue weighted by atomic mass is 16.5. The molecule has 5 nitrogen and oxygen atoms in total. The first kappa shape index (κ1) is 18.6. The number of ether oxygens (including phenoxy) is 3. The molecule has 0 amide bonds. The summed E-state index contributed by atoms with van der Waals surface area (Å²) in [4.78, 5) is 0. The molecule has 3 aromatic rings. The van der Waals surface area contributed by atoms with Crippen LogP contribution in [0.25, 0.3) is 0 Å². The first-order valence-corrected chi connectivity index (χ1v) is 10.1. The minimum Gasteiger partial charge on any atom is -0.493 e. The van der Waals surface area contributed by atoms with Gasteiger partial charge in [0.15, 0.2) is 11.5 Å². The van der Waals surface area contributed by atoms with Crippen LogP contribution in [-0.2, 0) is 0 Å². The smallest absolute Gasteiger partial charge is 0.213 e. The highest BCUT2D eigenvalue weighted by molar-refractivity contribution is 6.02. The van der Waals surface area contributed by atoms with Crippen LogP contribution in [-0.4, -0.2) is 24.9 Å². The summed E-state index contributed by atoms with van der Waals surface area (Å²) >= 11 is 0. The van der Waals surface area contributed by atoms with E-state index in [1.165, 1.54) is 11.1 Å². The van der Waals surface area contributed by atoms with E-state index in [1.807, 2.05) is 30.3 Å². The third-order valence-electron chi connectivity index (χ3n) is 5.78. The van der Waals surface area contributed by atoms with E-state index in [2.05, 4.69) is 48.3 Å². The molecule has 2 atom stereocenters. The highest BCUT2D eigenvalue weighted by Gasteiger charge is 2.40. The van der Waals surface area contributed by atoms with Crippen molar-refractivity contribution in [3.05, 3.63) is 89.0 Å². The number of hydrazone groups is 1. The van der Waals surface area contributed by atoms with E-state index < -0.39 is 0 Å². The molecule has 5 rings (SSSR count). The van der Waals surface area contributed by atoms with E-state index in [0.29, 0.717) is 11.5 Å². The number of hydrogen-bond donors (Lipinski definition) is 0. The van der Waals surface area contributed by atoms with Crippen molar-refractivity contribution in [2.45, 2.75) is 25.6 Å². The topological polar surface area (TPSA) is 43.3 Å². The zero-order valence-electron chi connectivity index (χ0n) is 17.3. The monoisotopic (exact) mass is 400 g/mol. The Hall–Kier alpha value is -3.47. The van der Waals surface area contributed by atoms with Crippen LogP contribution in [0.5, 0.6) is 17.2 Å². The van der Waals surface area contributed by atoms with E-state index in [4.69, 9.17) is 19.3 Å². The molecule has 152 valence electrons. The fraction of sp³-hybridized carbons (Fsp3) is 0.240. The molecular weight excluding hydrogens is 376 g/mol. The molecule has 2 heterocycles. The summed E-state index contributed by atoms with van der Waals surface area (Å²) in [7, 11) is 3.30. The fourth-order valence-corrected chi connectivity index (χ4v) is 4.18. The van der Waals surface area contributed by atoms with Crippen molar-refractivity contribution >= 4 is 5.71 Å². The van der Waals surface area contributed by atoms with Gasteiger partial charge in [0.2, 0.25) is 6.23 Å². The molecule has 0 aliphatic carbocycles. The Bertz CT molecular complexity index is 1110. The number of methoxy groups -OCH3 is 2. The maximum Gasteiger partial charge on any atom is 0.213 e. The van der Waals surface area contributed by atoms with Gasteiger partial charge >= 0.3 is 0 Å². The zero-order chi connectivity index (χ0) is 20.7. The second-order valence-electron chi connectivity index (χ2n) is 7.64. The molecule has 0 aromatic heterocycles. The Morgan fingerprint density at radius 1 is 0.933 bits per heavy atom. The first-order valence-electron chi connectivity index (χ1n) is 10.1. The average molecular weight is 400 g/mol. The van der Waals surface area contributed by atoms with Gasteiger partial charge in [0.1, 0.15) is 5.75 Å². The molecule has 0 fully saturated rings. The molecule has 0 unspecified atom stereocenters. The van der Waals surface area contributed by atoms with Gasteiger partial charge < -0.3 is 14.2 Å². The summed E-state index contributed by atoms with van der Waals surface area (Å²) < 4.78 is 17.3. The van der Waals surface area contributed by atoms with Crippen LogP contribution in [0.1, 0.15) is 40.9 Å². The van der Waals surface area contributed by atoms with Crippen molar-refractivity contribution < 1.29 is 14.2 Å². The van der Waals surface area contributed by atoms with E-state index in [-0.39, 0.29) is 12.3 Å². The lowest BCUT2D eigenvalue weighted by atomic mass is 9.95. The quantitative estimate of drug-likeness (QED) is 0.600.